The van der Waals surface area contributed by atoms with Crippen LogP contribution in [0.15, 0.2) is 30.7 Å². The zero-order valence-electron chi connectivity index (χ0n) is 9.57. The Labute approximate surface area is 109 Å². The average molecular weight is 256 g/mol. The van der Waals surface area contributed by atoms with Crippen LogP contribution in [-0.4, -0.2) is 15.0 Å². The van der Waals surface area contributed by atoms with Crippen molar-refractivity contribution in [1.82, 2.24) is 15.0 Å². The minimum absolute atomic E-state index is 0.754. The van der Waals surface area contributed by atoms with Crippen molar-refractivity contribution in [3.63, 3.8) is 0 Å². The molecule has 1 aliphatic carbocycles. The second-order valence-corrected chi connectivity index (χ2v) is 5.00. The van der Waals surface area contributed by atoms with Gasteiger partial charge in [-0.05, 0) is 30.5 Å². The van der Waals surface area contributed by atoms with E-state index < -0.39 is 0 Å². The van der Waals surface area contributed by atoms with Gasteiger partial charge < -0.3 is 4.98 Å². The highest BCUT2D eigenvalue weighted by Gasteiger charge is 2.21. The molecule has 0 spiro atoms. The maximum Gasteiger partial charge on any atom is 0.116 e. The number of rotatable bonds is 0. The van der Waals surface area contributed by atoms with Crippen molar-refractivity contribution in [3.05, 3.63) is 47.0 Å². The average Bonchev–Trinajstić information content (AvgIpc) is 2.76. The van der Waals surface area contributed by atoms with Crippen LogP contribution in [0.2, 0.25) is 5.02 Å². The summed E-state index contributed by atoms with van der Waals surface area (Å²) < 4.78 is 0. The van der Waals surface area contributed by atoms with E-state index in [0.717, 1.165) is 29.1 Å². The number of fused-ring (bicyclic) bond motifs is 5. The molecule has 3 aromatic rings. The summed E-state index contributed by atoms with van der Waals surface area (Å²) >= 11 is 6.04. The van der Waals surface area contributed by atoms with Gasteiger partial charge in [-0.1, -0.05) is 17.7 Å². The number of halogens is 1. The lowest BCUT2D eigenvalue weighted by Gasteiger charge is -2.14. The van der Waals surface area contributed by atoms with Crippen LogP contribution in [0.4, 0.5) is 0 Å². The molecule has 18 heavy (non-hydrogen) atoms. The molecule has 0 radical (unpaired) electrons. The summed E-state index contributed by atoms with van der Waals surface area (Å²) in [4.78, 5) is 12.0. The van der Waals surface area contributed by atoms with Crippen LogP contribution >= 0.6 is 11.6 Å². The maximum atomic E-state index is 6.04. The van der Waals surface area contributed by atoms with E-state index >= 15 is 0 Å². The molecule has 2 aromatic heterocycles. The van der Waals surface area contributed by atoms with Gasteiger partial charge in [0.15, 0.2) is 0 Å². The molecule has 1 N–H and O–H groups in total. The second kappa shape index (κ2) is 3.56. The molecule has 0 fully saturated rings. The Hall–Kier alpha value is -1.87. The monoisotopic (exact) mass is 255 g/mol. The first-order valence-corrected chi connectivity index (χ1v) is 6.30. The van der Waals surface area contributed by atoms with Gasteiger partial charge in [-0.3, -0.25) is 0 Å². The number of nitrogens with zero attached hydrogens (tertiary/aromatic N) is 2. The Morgan fingerprint density at radius 2 is 2.17 bits per heavy atom. The van der Waals surface area contributed by atoms with Crippen LogP contribution in [0.5, 0.6) is 0 Å². The number of aromatic amines is 1. The van der Waals surface area contributed by atoms with E-state index in [1.54, 1.807) is 6.33 Å². The van der Waals surface area contributed by atoms with Gasteiger partial charge in [0, 0.05) is 33.4 Å². The zero-order valence-corrected chi connectivity index (χ0v) is 10.3. The van der Waals surface area contributed by atoms with Gasteiger partial charge >= 0.3 is 0 Å². The fraction of sp³-hybridized carbons (Fsp3) is 0.143. The summed E-state index contributed by atoms with van der Waals surface area (Å²) in [6, 6.07) is 5.95. The number of H-pyrrole nitrogens is 1. The number of nitrogens with one attached hydrogen (secondary N) is 1. The van der Waals surface area contributed by atoms with Crippen LogP contribution in [0.1, 0.15) is 11.3 Å². The number of hydrogen-bond donors (Lipinski definition) is 1. The van der Waals surface area contributed by atoms with E-state index in [1.807, 2.05) is 18.3 Å². The van der Waals surface area contributed by atoms with E-state index in [4.69, 9.17) is 11.6 Å². The van der Waals surface area contributed by atoms with E-state index in [-0.39, 0.29) is 0 Å². The molecule has 1 aromatic carbocycles. The fourth-order valence-corrected chi connectivity index (χ4v) is 2.88. The highest BCUT2D eigenvalue weighted by molar-refractivity contribution is 6.31. The van der Waals surface area contributed by atoms with Crippen molar-refractivity contribution in [2.75, 3.05) is 0 Å². The van der Waals surface area contributed by atoms with Gasteiger partial charge in [0.05, 0.1) is 5.69 Å². The molecule has 4 heteroatoms. The number of hydrogen-bond acceptors (Lipinski definition) is 2. The summed E-state index contributed by atoms with van der Waals surface area (Å²) in [5.74, 6) is 0. The van der Waals surface area contributed by atoms with Gasteiger partial charge in [0.2, 0.25) is 0 Å². The lowest BCUT2D eigenvalue weighted by Crippen LogP contribution is -2.05. The number of aryl methyl sites for hydroxylation is 2. The third-order valence-corrected chi connectivity index (χ3v) is 3.74. The quantitative estimate of drug-likeness (QED) is 0.669. The fourth-order valence-electron chi connectivity index (χ4n) is 2.71. The van der Waals surface area contributed by atoms with Gasteiger partial charge in [0.1, 0.15) is 6.33 Å². The first kappa shape index (κ1) is 10.1. The van der Waals surface area contributed by atoms with Gasteiger partial charge in [0.25, 0.3) is 0 Å². The van der Waals surface area contributed by atoms with E-state index in [0.29, 0.717) is 0 Å². The van der Waals surface area contributed by atoms with Gasteiger partial charge in [-0.15, -0.1) is 0 Å². The minimum Gasteiger partial charge on any atom is -0.358 e. The standard InChI is InChI=1S/C14H10ClN3/c15-9-2-3-10-12(5-9)18-11-4-1-8-6-16-7-17-14(8)13(10)11/h2-3,5-7,18H,1,4H2. The highest BCUT2D eigenvalue weighted by Crippen LogP contribution is 2.37. The lowest BCUT2D eigenvalue weighted by molar-refractivity contribution is 0.889. The van der Waals surface area contributed by atoms with Crippen LogP contribution in [0, 0.1) is 0 Å². The van der Waals surface area contributed by atoms with Gasteiger partial charge in [-0.25, -0.2) is 9.97 Å². The molecule has 0 saturated heterocycles. The lowest BCUT2D eigenvalue weighted by atomic mass is 9.93. The Morgan fingerprint density at radius 3 is 3.11 bits per heavy atom. The van der Waals surface area contributed by atoms with Crippen molar-refractivity contribution in [2.24, 2.45) is 0 Å². The first-order valence-electron chi connectivity index (χ1n) is 5.92. The molecule has 4 rings (SSSR count). The Kier molecular flexibility index (Phi) is 2.00. The van der Waals surface area contributed by atoms with Crippen molar-refractivity contribution in [1.29, 1.82) is 0 Å². The number of aromatic nitrogens is 3. The van der Waals surface area contributed by atoms with E-state index in [1.165, 1.54) is 22.2 Å². The largest absolute Gasteiger partial charge is 0.358 e. The Balaban J connectivity index is 2.11. The molecular weight excluding hydrogens is 246 g/mol. The minimum atomic E-state index is 0.754. The third-order valence-electron chi connectivity index (χ3n) is 3.51. The molecule has 3 nitrogen and oxygen atoms in total. The molecule has 1 aliphatic rings. The molecule has 88 valence electrons. The molecule has 0 bridgehead atoms. The predicted molar refractivity (Wildman–Crippen MR) is 71.7 cm³/mol. The Bertz CT molecular complexity index is 761. The molecular formula is C14H10ClN3. The molecule has 0 unspecified atom stereocenters. The Morgan fingerprint density at radius 1 is 1.22 bits per heavy atom. The molecule has 0 aliphatic heterocycles. The van der Waals surface area contributed by atoms with E-state index in [9.17, 15) is 0 Å². The van der Waals surface area contributed by atoms with Crippen molar-refractivity contribution < 1.29 is 0 Å². The summed E-state index contributed by atoms with van der Waals surface area (Å²) in [5.41, 5.74) is 5.82. The normalized spacial score (nSPS) is 13.4. The number of benzene rings is 1. The van der Waals surface area contributed by atoms with E-state index in [2.05, 4.69) is 21.0 Å². The maximum absolute atomic E-state index is 6.04. The molecule has 0 saturated carbocycles. The summed E-state index contributed by atoms with van der Waals surface area (Å²) in [7, 11) is 0. The van der Waals surface area contributed by atoms with Crippen molar-refractivity contribution in [3.8, 4) is 11.3 Å². The third kappa shape index (κ3) is 1.31. The summed E-state index contributed by atoms with van der Waals surface area (Å²) in [6.07, 6.45) is 5.52. The molecule has 0 amide bonds. The summed E-state index contributed by atoms with van der Waals surface area (Å²) in [6.45, 7) is 0. The van der Waals surface area contributed by atoms with Crippen LogP contribution in [-0.2, 0) is 12.8 Å². The van der Waals surface area contributed by atoms with Crippen LogP contribution in [0.25, 0.3) is 22.2 Å². The van der Waals surface area contributed by atoms with Crippen LogP contribution < -0.4 is 0 Å². The molecule has 0 atom stereocenters. The predicted octanol–water partition coefficient (Wildman–Crippen LogP) is 3.38. The van der Waals surface area contributed by atoms with Crippen molar-refractivity contribution in [2.45, 2.75) is 12.8 Å². The van der Waals surface area contributed by atoms with Gasteiger partial charge in [-0.2, -0.15) is 0 Å². The second-order valence-electron chi connectivity index (χ2n) is 4.57. The topological polar surface area (TPSA) is 41.6 Å². The smallest absolute Gasteiger partial charge is 0.116 e. The zero-order chi connectivity index (χ0) is 12.1. The molecule has 2 heterocycles. The highest BCUT2D eigenvalue weighted by atomic mass is 35.5. The van der Waals surface area contributed by atoms with Crippen LogP contribution in [0.3, 0.4) is 0 Å². The van der Waals surface area contributed by atoms with Crippen molar-refractivity contribution >= 4 is 22.5 Å². The first-order chi connectivity index (χ1) is 8.83. The summed E-state index contributed by atoms with van der Waals surface area (Å²) in [5, 5.41) is 1.94. The SMILES string of the molecule is Clc1ccc2c3c([nH]c2c1)CCc1cncnc1-3.